The van der Waals surface area contributed by atoms with Gasteiger partial charge in [-0.3, -0.25) is 4.98 Å². The molecule has 0 fully saturated rings. The van der Waals surface area contributed by atoms with Gasteiger partial charge in [0.05, 0.1) is 16.9 Å². The molecule has 286 valence electrons. The van der Waals surface area contributed by atoms with Gasteiger partial charge in [-0.25, -0.2) is 0 Å². The summed E-state index contributed by atoms with van der Waals surface area (Å²) in [6.07, 6.45) is 1.83. The van der Waals surface area contributed by atoms with Crippen molar-refractivity contribution in [3.8, 4) is 72.8 Å². The average Bonchev–Trinajstić information content (AvgIpc) is 3.83. The molecule has 0 bridgehead atoms. The minimum Gasteiger partial charge on any atom is -0.367 e. The van der Waals surface area contributed by atoms with Crippen molar-refractivity contribution in [1.29, 1.82) is 0 Å². The molecule has 0 saturated heterocycles. The zero-order valence-corrected chi connectivity index (χ0v) is 34.9. The molecular weight excluding hydrogens is 912 g/mol. The first-order valence-electron chi connectivity index (χ1n) is 19.9. The van der Waals surface area contributed by atoms with Crippen molar-refractivity contribution in [2.24, 2.45) is 7.05 Å². The van der Waals surface area contributed by atoms with Gasteiger partial charge >= 0.3 is 21.1 Å². The van der Waals surface area contributed by atoms with Gasteiger partial charge in [0.25, 0.3) is 0 Å². The van der Waals surface area contributed by atoms with E-state index in [9.17, 15) is 0 Å². The Hall–Kier alpha value is -7.13. The topological polar surface area (TPSA) is 35.6 Å². The third-order valence-corrected chi connectivity index (χ3v) is 11.4. The number of hydrogen-bond donors (Lipinski definition) is 0. The summed E-state index contributed by atoms with van der Waals surface area (Å²) in [4.78, 5) is 9.87. The van der Waals surface area contributed by atoms with Crippen LogP contribution in [0.15, 0.2) is 200 Å². The van der Waals surface area contributed by atoms with E-state index >= 15 is 0 Å². The van der Waals surface area contributed by atoms with E-state index in [1.54, 1.807) is 0 Å². The van der Waals surface area contributed by atoms with Crippen LogP contribution in [0.4, 0.5) is 0 Å². The van der Waals surface area contributed by atoms with Crippen LogP contribution in [0.5, 0.6) is 0 Å². The van der Waals surface area contributed by atoms with Crippen LogP contribution in [-0.4, -0.2) is 19.1 Å². The molecular formula is C55H36N4Pt. The van der Waals surface area contributed by atoms with Crippen LogP contribution >= 0.6 is 0 Å². The largest absolute Gasteiger partial charge is 2.00 e. The molecule has 60 heavy (non-hydrogen) atoms. The summed E-state index contributed by atoms with van der Waals surface area (Å²) in [6, 6.07) is 76.1. The normalized spacial score (nSPS) is 11.3. The van der Waals surface area contributed by atoms with Crippen molar-refractivity contribution in [3.63, 3.8) is 0 Å². The number of pyridine rings is 1. The number of aromatic nitrogens is 4. The quantitative estimate of drug-likeness (QED) is 0.149. The summed E-state index contributed by atoms with van der Waals surface area (Å²) < 4.78 is 4.45. The Morgan fingerprint density at radius 2 is 1.00 bits per heavy atom. The van der Waals surface area contributed by atoms with Gasteiger partial charge in [-0.2, -0.15) is 0 Å². The van der Waals surface area contributed by atoms with Crippen molar-refractivity contribution in [2.45, 2.75) is 0 Å². The molecule has 0 atom stereocenters. The molecule has 11 rings (SSSR count). The molecule has 0 radical (unpaired) electrons. The fourth-order valence-electron chi connectivity index (χ4n) is 8.35. The van der Waals surface area contributed by atoms with Gasteiger partial charge in [0.15, 0.2) is 0 Å². The summed E-state index contributed by atoms with van der Waals surface area (Å²) in [5.41, 5.74) is 17.2. The molecule has 3 heterocycles. The van der Waals surface area contributed by atoms with E-state index in [1.165, 1.54) is 27.8 Å². The molecule has 0 aliphatic carbocycles. The zero-order chi connectivity index (χ0) is 39.3. The number of imidazole rings is 1. The van der Waals surface area contributed by atoms with E-state index in [1.807, 2.05) is 30.5 Å². The first kappa shape index (κ1) is 37.2. The molecule has 0 saturated carbocycles. The van der Waals surface area contributed by atoms with Gasteiger partial charge in [-0.05, 0) is 91.1 Å². The maximum absolute atomic E-state index is 5.24. The first-order chi connectivity index (χ1) is 29.1. The van der Waals surface area contributed by atoms with E-state index < -0.39 is 0 Å². The van der Waals surface area contributed by atoms with Crippen molar-refractivity contribution in [2.75, 3.05) is 0 Å². The minimum absolute atomic E-state index is 0. The number of rotatable bonds is 7. The Morgan fingerprint density at radius 1 is 0.433 bits per heavy atom. The molecule has 0 aliphatic heterocycles. The maximum Gasteiger partial charge on any atom is 2.00 e. The number of benzene rings is 8. The predicted molar refractivity (Wildman–Crippen MR) is 243 cm³/mol. The summed E-state index contributed by atoms with van der Waals surface area (Å²) >= 11 is 0. The van der Waals surface area contributed by atoms with E-state index in [2.05, 4.69) is 203 Å². The molecule has 0 amide bonds. The number of fused-ring (bicyclic) bond motifs is 4. The Bertz CT molecular complexity index is 3300. The standard InChI is InChI=1S/C55H36N4.Pt/c1-58-53-31-28-44(42-24-20-40(21-25-42)38-13-6-3-7-14-38)35-51(53)57-55(58)46-26-29-48-49-34-43(41-22-18-39(19-23-41)37-11-4-2-5-12-37)27-30-52(49)59(54(48)36-46)47-16-10-15-45(33-47)50-17-8-9-32-56-50;/h2-32,34-35H,1H3;/q-2;+2. The van der Waals surface area contributed by atoms with Crippen LogP contribution in [0, 0.1) is 12.1 Å². The van der Waals surface area contributed by atoms with Gasteiger partial charge in [0.2, 0.25) is 0 Å². The molecule has 3 aromatic heterocycles. The van der Waals surface area contributed by atoms with Crippen LogP contribution in [0.3, 0.4) is 0 Å². The van der Waals surface area contributed by atoms with Crippen molar-refractivity contribution < 1.29 is 21.1 Å². The van der Waals surface area contributed by atoms with Gasteiger partial charge in [-0.1, -0.05) is 145 Å². The number of hydrogen-bond acceptors (Lipinski definition) is 2. The van der Waals surface area contributed by atoms with E-state index in [0.717, 1.165) is 77.9 Å². The second kappa shape index (κ2) is 15.6. The van der Waals surface area contributed by atoms with E-state index in [4.69, 9.17) is 4.98 Å². The van der Waals surface area contributed by atoms with Crippen LogP contribution < -0.4 is 0 Å². The Balaban J connectivity index is 0.00000433. The SMILES string of the molecule is Cn1c(-c2[c-]c3c(cc2)c2cc(-c4ccc(-c5ccccc5)cc4)ccc2n3-c2[c-]c(-c3ccccn3)ccc2)nc2cc(-c3ccc(-c4ccccc4)cc3)ccc21.[Pt+2]. The van der Waals surface area contributed by atoms with Crippen LogP contribution in [0.25, 0.3) is 106 Å². The van der Waals surface area contributed by atoms with Crippen LogP contribution in [-0.2, 0) is 28.1 Å². The summed E-state index contributed by atoms with van der Waals surface area (Å²) in [5, 5.41) is 2.26. The van der Waals surface area contributed by atoms with Crippen molar-refractivity contribution >= 4 is 32.8 Å². The fourth-order valence-corrected chi connectivity index (χ4v) is 8.35. The third-order valence-electron chi connectivity index (χ3n) is 11.4. The smallest absolute Gasteiger partial charge is 0.367 e. The van der Waals surface area contributed by atoms with Gasteiger partial charge in [-0.15, -0.1) is 53.6 Å². The molecule has 0 aliphatic rings. The van der Waals surface area contributed by atoms with Gasteiger partial charge in [0.1, 0.15) is 0 Å². The van der Waals surface area contributed by atoms with Gasteiger partial charge in [0, 0.05) is 18.8 Å². The Labute approximate surface area is 363 Å². The molecule has 11 aromatic rings. The Morgan fingerprint density at radius 3 is 1.63 bits per heavy atom. The molecule has 8 aromatic carbocycles. The van der Waals surface area contributed by atoms with Crippen LogP contribution in [0.1, 0.15) is 0 Å². The van der Waals surface area contributed by atoms with Crippen molar-refractivity contribution in [1.82, 2.24) is 19.1 Å². The number of nitrogens with zero attached hydrogens (tertiary/aromatic N) is 4. The fraction of sp³-hybridized carbons (Fsp3) is 0.0182. The number of aryl methyl sites for hydroxylation is 1. The zero-order valence-electron chi connectivity index (χ0n) is 32.7. The maximum atomic E-state index is 5.24. The molecule has 0 N–H and O–H groups in total. The third kappa shape index (κ3) is 6.66. The monoisotopic (exact) mass is 947 g/mol. The summed E-state index contributed by atoms with van der Waals surface area (Å²) in [5.74, 6) is 0.862. The molecule has 0 unspecified atom stereocenters. The minimum atomic E-state index is 0. The van der Waals surface area contributed by atoms with Crippen molar-refractivity contribution in [3.05, 3.63) is 212 Å². The second-order valence-corrected chi connectivity index (χ2v) is 15.0. The molecule has 5 heteroatoms. The van der Waals surface area contributed by atoms with E-state index in [-0.39, 0.29) is 21.1 Å². The second-order valence-electron chi connectivity index (χ2n) is 15.0. The van der Waals surface area contributed by atoms with E-state index in [0.29, 0.717) is 0 Å². The average molecular weight is 948 g/mol. The van der Waals surface area contributed by atoms with Crippen LogP contribution in [0.2, 0.25) is 0 Å². The predicted octanol–water partition coefficient (Wildman–Crippen LogP) is 13.7. The first-order valence-corrected chi connectivity index (χ1v) is 19.9. The summed E-state index contributed by atoms with van der Waals surface area (Å²) in [6.45, 7) is 0. The Kier molecular flexibility index (Phi) is 9.64. The molecule has 4 nitrogen and oxygen atoms in total. The van der Waals surface area contributed by atoms with Gasteiger partial charge < -0.3 is 14.1 Å². The molecule has 0 spiro atoms. The summed E-state index contributed by atoms with van der Waals surface area (Å²) in [7, 11) is 2.09.